The maximum Gasteiger partial charge on any atom is 0.312 e. The van der Waals surface area contributed by atoms with E-state index in [2.05, 4.69) is 45.8 Å². The SMILES string of the molecule is COC(=O)C(C)(C)C(c1ccc(C)c(Cn2ccnc2CN2CCCC2)c1)c1ccc(N(C)N)c(N)c1C. The average molecular weight is 519 g/mol. The zero-order valence-corrected chi connectivity index (χ0v) is 23.6. The topological polar surface area (TPSA) is 103 Å². The van der Waals surface area contributed by atoms with Gasteiger partial charge in [-0.05, 0) is 87.5 Å². The summed E-state index contributed by atoms with van der Waals surface area (Å²) in [5, 5.41) is 1.52. The number of ether oxygens (including phenoxy) is 1. The van der Waals surface area contributed by atoms with Gasteiger partial charge in [0.25, 0.3) is 0 Å². The molecule has 38 heavy (non-hydrogen) atoms. The van der Waals surface area contributed by atoms with E-state index in [9.17, 15) is 4.79 Å². The maximum atomic E-state index is 13.1. The fourth-order valence-electron chi connectivity index (χ4n) is 5.72. The number of imidazole rings is 1. The van der Waals surface area contributed by atoms with Gasteiger partial charge in [0.1, 0.15) is 5.82 Å². The molecule has 4 rings (SSSR count). The number of carbonyl (C=O) groups excluding carboxylic acids is 1. The molecule has 1 aliphatic rings. The number of nitrogens with two attached hydrogens (primary N) is 2. The van der Waals surface area contributed by atoms with E-state index in [1.54, 1.807) is 7.05 Å². The Bertz CT molecular complexity index is 1290. The van der Waals surface area contributed by atoms with Crippen LogP contribution in [-0.4, -0.2) is 47.7 Å². The molecule has 0 bridgehead atoms. The lowest BCUT2D eigenvalue weighted by molar-refractivity contribution is -0.151. The Labute approximate surface area is 226 Å². The van der Waals surface area contributed by atoms with Gasteiger partial charge >= 0.3 is 5.97 Å². The lowest BCUT2D eigenvalue weighted by Gasteiger charge is -2.35. The number of nitrogens with zero attached hydrogens (tertiary/aromatic N) is 4. The molecule has 0 saturated carbocycles. The van der Waals surface area contributed by atoms with E-state index in [1.165, 1.54) is 36.1 Å². The third kappa shape index (κ3) is 5.42. The molecule has 8 heteroatoms. The first-order chi connectivity index (χ1) is 18.0. The molecule has 8 nitrogen and oxygen atoms in total. The lowest BCUT2D eigenvalue weighted by atomic mass is 9.69. The summed E-state index contributed by atoms with van der Waals surface area (Å²) in [6.45, 7) is 11.8. The third-order valence-corrected chi connectivity index (χ3v) is 8.07. The highest BCUT2D eigenvalue weighted by Gasteiger charge is 2.41. The quantitative estimate of drug-likeness (QED) is 0.188. The van der Waals surface area contributed by atoms with Crippen molar-refractivity contribution in [3.05, 3.63) is 76.4 Å². The number of rotatable bonds is 9. The van der Waals surface area contributed by atoms with E-state index in [-0.39, 0.29) is 11.9 Å². The van der Waals surface area contributed by atoms with Crippen molar-refractivity contribution in [2.45, 2.75) is 59.5 Å². The highest BCUT2D eigenvalue weighted by Crippen LogP contribution is 2.45. The smallest absolute Gasteiger partial charge is 0.312 e. The zero-order chi connectivity index (χ0) is 27.6. The van der Waals surface area contributed by atoms with Gasteiger partial charge in [-0.3, -0.25) is 9.69 Å². The first-order valence-electron chi connectivity index (χ1n) is 13.3. The van der Waals surface area contributed by atoms with Crippen molar-refractivity contribution >= 4 is 17.3 Å². The Hall–Kier alpha value is -3.36. The van der Waals surface area contributed by atoms with Crippen molar-refractivity contribution in [1.29, 1.82) is 0 Å². The van der Waals surface area contributed by atoms with Crippen LogP contribution in [-0.2, 0) is 22.6 Å². The van der Waals surface area contributed by atoms with E-state index in [1.807, 2.05) is 39.1 Å². The van der Waals surface area contributed by atoms with Crippen molar-refractivity contribution in [2.24, 2.45) is 11.3 Å². The summed E-state index contributed by atoms with van der Waals surface area (Å²) in [6.07, 6.45) is 6.45. The summed E-state index contributed by atoms with van der Waals surface area (Å²) in [5.74, 6) is 6.54. The van der Waals surface area contributed by atoms with Gasteiger partial charge in [-0.25, -0.2) is 10.8 Å². The van der Waals surface area contributed by atoms with Crippen LogP contribution in [0.4, 0.5) is 11.4 Å². The molecule has 2 heterocycles. The lowest BCUT2D eigenvalue weighted by Crippen LogP contribution is -2.34. The van der Waals surface area contributed by atoms with Crippen LogP contribution < -0.4 is 16.6 Å². The molecule has 0 amide bonds. The van der Waals surface area contributed by atoms with Gasteiger partial charge in [0.2, 0.25) is 0 Å². The van der Waals surface area contributed by atoms with Crippen LogP contribution in [0.15, 0.2) is 42.7 Å². The monoisotopic (exact) mass is 518 g/mol. The van der Waals surface area contributed by atoms with Crippen molar-refractivity contribution in [3.8, 4) is 0 Å². The molecule has 1 atom stereocenters. The molecule has 3 aromatic rings. The van der Waals surface area contributed by atoms with Crippen LogP contribution in [0.25, 0.3) is 0 Å². The Morgan fingerprint density at radius 1 is 1.16 bits per heavy atom. The number of nitrogen functional groups attached to an aromatic ring is 1. The molecule has 0 aliphatic carbocycles. The van der Waals surface area contributed by atoms with Gasteiger partial charge in [0.05, 0.1) is 30.4 Å². The summed E-state index contributed by atoms with van der Waals surface area (Å²) in [6, 6.07) is 10.4. The molecular formula is C30H42N6O2. The Morgan fingerprint density at radius 3 is 2.53 bits per heavy atom. The first-order valence-corrected chi connectivity index (χ1v) is 13.3. The standard InChI is InChI=1S/C30H42N6O2/c1-20-9-10-22(17-23(20)18-36-16-13-33-26(36)19-35-14-7-8-15-35)27(30(3,4)29(37)38-6)24-11-12-25(34(5)32)28(31)21(24)2/h9-13,16-17,27H,7-8,14-15,18-19,31-32H2,1-6H3. The summed E-state index contributed by atoms with van der Waals surface area (Å²) >= 11 is 0. The second-order valence-electron chi connectivity index (χ2n) is 11.1. The molecule has 1 unspecified atom stereocenters. The van der Waals surface area contributed by atoms with Crippen LogP contribution in [0.2, 0.25) is 0 Å². The number of aryl methyl sites for hydroxylation is 1. The summed E-state index contributed by atoms with van der Waals surface area (Å²) in [5.41, 5.74) is 12.4. The van der Waals surface area contributed by atoms with Gasteiger partial charge in [0, 0.05) is 31.9 Å². The van der Waals surface area contributed by atoms with Gasteiger partial charge < -0.3 is 20.0 Å². The van der Waals surface area contributed by atoms with E-state index in [0.717, 1.165) is 47.8 Å². The van der Waals surface area contributed by atoms with E-state index in [4.69, 9.17) is 16.3 Å². The minimum absolute atomic E-state index is 0.273. The van der Waals surface area contributed by atoms with Crippen LogP contribution in [0.5, 0.6) is 0 Å². The Kier molecular flexibility index (Phi) is 8.13. The Balaban J connectivity index is 1.77. The minimum atomic E-state index is -0.843. The van der Waals surface area contributed by atoms with Crippen LogP contribution in [0.1, 0.15) is 66.2 Å². The number of aromatic nitrogens is 2. The number of anilines is 2. The number of likely N-dealkylation sites (tertiary alicyclic amines) is 1. The number of benzene rings is 2. The predicted molar refractivity (Wildman–Crippen MR) is 153 cm³/mol. The van der Waals surface area contributed by atoms with Gasteiger partial charge in [0.15, 0.2) is 0 Å². The van der Waals surface area contributed by atoms with E-state index in [0.29, 0.717) is 12.2 Å². The second kappa shape index (κ2) is 11.2. The van der Waals surface area contributed by atoms with Crippen molar-refractivity contribution in [1.82, 2.24) is 14.5 Å². The van der Waals surface area contributed by atoms with Crippen LogP contribution in [0.3, 0.4) is 0 Å². The first kappa shape index (κ1) is 27.7. The van der Waals surface area contributed by atoms with Crippen molar-refractivity contribution in [3.63, 3.8) is 0 Å². The summed E-state index contributed by atoms with van der Waals surface area (Å²) in [7, 11) is 3.21. The number of hydrogen-bond acceptors (Lipinski definition) is 7. The molecule has 4 N–H and O–H groups in total. The molecule has 1 fully saturated rings. The van der Waals surface area contributed by atoms with Crippen LogP contribution in [0, 0.1) is 19.3 Å². The zero-order valence-electron chi connectivity index (χ0n) is 23.6. The number of carbonyl (C=O) groups is 1. The van der Waals surface area contributed by atoms with Gasteiger partial charge in [-0.1, -0.05) is 24.3 Å². The molecule has 204 valence electrons. The van der Waals surface area contributed by atoms with Gasteiger partial charge in [-0.2, -0.15) is 0 Å². The maximum absolute atomic E-state index is 13.1. The van der Waals surface area contributed by atoms with Crippen LogP contribution >= 0.6 is 0 Å². The fraction of sp³-hybridized carbons (Fsp3) is 0.467. The molecule has 2 aromatic carbocycles. The highest BCUT2D eigenvalue weighted by atomic mass is 16.5. The van der Waals surface area contributed by atoms with Crippen molar-refractivity contribution < 1.29 is 9.53 Å². The molecule has 1 aromatic heterocycles. The molecule has 1 aliphatic heterocycles. The largest absolute Gasteiger partial charge is 0.469 e. The number of methoxy groups -OCH3 is 1. The number of esters is 1. The molecule has 1 saturated heterocycles. The number of hydrazine groups is 1. The predicted octanol–water partition coefficient (Wildman–Crippen LogP) is 4.37. The Morgan fingerprint density at radius 2 is 1.87 bits per heavy atom. The summed E-state index contributed by atoms with van der Waals surface area (Å²) < 4.78 is 7.51. The van der Waals surface area contributed by atoms with Gasteiger partial charge in [-0.15, -0.1) is 0 Å². The van der Waals surface area contributed by atoms with Crippen molar-refractivity contribution in [2.75, 3.05) is 38.0 Å². The highest BCUT2D eigenvalue weighted by molar-refractivity contribution is 5.80. The fourth-order valence-corrected chi connectivity index (χ4v) is 5.72. The molecule has 0 spiro atoms. The molecular weight excluding hydrogens is 476 g/mol. The summed E-state index contributed by atoms with van der Waals surface area (Å²) in [4.78, 5) is 20.2. The third-order valence-electron chi connectivity index (χ3n) is 8.07. The second-order valence-corrected chi connectivity index (χ2v) is 11.1. The average Bonchev–Trinajstić information content (AvgIpc) is 3.55. The normalized spacial score (nSPS) is 15.0. The minimum Gasteiger partial charge on any atom is -0.469 e. The molecule has 0 radical (unpaired) electrons. The van der Waals surface area contributed by atoms with E-state index < -0.39 is 5.41 Å². The van der Waals surface area contributed by atoms with E-state index >= 15 is 0 Å². The number of hydrogen-bond donors (Lipinski definition) is 2.